The molecule has 4 nitrogen and oxygen atoms in total. The van der Waals surface area contributed by atoms with Gasteiger partial charge in [-0.15, -0.1) is 0 Å². The fourth-order valence-electron chi connectivity index (χ4n) is 3.38. The molecule has 0 atom stereocenters. The van der Waals surface area contributed by atoms with Gasteiger partial charge in [0, 0.05) is 45.2 Å². The summed E-state index contributed by atoms with van der Waals surface area (Å²) in [7, 11) is 3.41. The summed E-state index contributed by atoms with van der Waals surface area (Å²) in [6, 6.07) is 5.90. The van der Waals surface area contributed by atoms with Crippen LogP contribution in [0.4, 0.5) is 0 Å². The number of piperazine rings is 1. The van der Waals surface area contributed by atoms with E-state index < -0.39 is 0 Å². The standard InChI is InChI=1S/C20H26N2O2S3/c1-3-4-5-17-19(26-27-20(17)25)15-6-7-18(24)16(12-15)13-21-8-10-22(11-9-21)14(2)23/h6-7,12,24H,3-5,8-11,13H2,1-2H3. The highest BCUT2D eigenvalue weighted by atomic mass is 32.9. The van der Waals surface area contributed by atoms with Crippen molar-refractivity contribution in [3.8, 4) is 16.2 Å². The van der Waals surface area contributed by atoms with Gasteiger partial charge in [0.05, 0.1) is 4.88 Å². The first kappa shape index (κ1) is 20.5. The van der Waals surface area contributed by atoms with E-state index in [0.717, 1.165) is 60.4 Å². The normalized spacial score (nSPS) is 15.3. The van der Waals surface area contributed by atoms with Crippen LogP contribution in [0.1, 0.15) is 37.8 Å². The first-order chi connectivity index (χ1) is 13.0. The minimum atomic E-state index is 0.137. The van der Waals surface area contributed by atoms with E-state index >= 15 is 0 Å². The molecule has 0 aliphatic carbocycles. The van der Waals surface area contributed by atoms with Crippen LogP contribution in [-0.2, 0) is 17.8 Å². The molecule has 2 aromatic rings. The van der Waals surface area contributed by atoms with Crippen molar-refractivity contribution in [2.24, 2.45) is 0 Å². The van der Waals surface area contributed by atoms with Crippen molar-refractivity contribution < 1.29 is 9.90 Å². The summed E-state index contributed by atoms with van der Waals surface area (Å²) in [4.78, 5) is 16.9. The third-order valence-electron chi connectivity index (χ3n) is 5.05. The molecule has 0 radical (unpaired) electrons. The molecule has 1 saturated heterocycles. The lowest BCUT2D eigenvalue weighted by Crippen LogP contribution is -2.47. The van der Waals surface area contributed by atoms with Crippen molar-refractivity contribution in [1.82, 2.24) is 9.80 Å². The van der Waals surface area contributed by atoms with E-state index in [-0.39, 0.29) is 5.91 Å². The number of rotatable bonds is 6. The zero-order valence-electron chi connectivity index (χ0n) is 15.9. The summed E-state index contributed by atoms with van der Waals surface area (Å²) in [6.07, 6.45) is 3.32. The first-order valence-corrected chi connectivity index (χ1v) is 12.0. The molecule has 146 valence electrons. The second kappa shape index (κ2) is 9.28. The van der Waals surface area contributed by atoms with Gasteiger partial charge in [-0.25, -0.2) is 0 Å². The number of unbranched alkanes of at least 4 members (excludes halogenated alkanes) is 1. The average Bonchev–Trinajstić information content (AvgIpc) is 3.02. The van der Waals surface area contributed by atoms with E-state index in [1.54, 1.807) is 33.7 Å². The first-order valence-electron chi connectivity index (χ1n) is 9.41. The van der Waals surface area contributed by atoms with Crippen molar-refractivity contribution in [3.05, 3.63) is 33.1 Å². The molecule has 27 heavy (non-hydrogen) atoms. The maximum atomic E-state index is 11.5. The number of hydrogen-bond acceptors (Lipinski definition) is 6. The molecule has 1 aromatic heterocycles. The number of nitrogens with zero attached hydrogens (tertiary/aromatic N) is 2. The summed E-state index contributed by atoms with van der Waals surface area (Å²) < 4.78 is 0.999. The highest BCUT2D eigenvalue weighted by Crippen LogP contribution is 2.37. The molecular formula is C20H26N2O2S3. The molecule has 1 amide bonds. The molecule has 0 unspecified atom stereocenters. The fourth-order valence-corrected chi connectivity index (χ4v) is 6.38. The Morgan fingerprint density at radius 3 is 2.63 bits per heavy atom. The number of phenolic OH excluding ortho intramolecular Hbond substituents is 1. The largest absolute Gasteiger partial charge is 0.508 e. The van der Waals surface area contributed by atoms with Gasteiger partial charge in [-0.05, 0) is 42.2 Å². The maximum Gasteiger partial charge on any atom is 0.219 e. The minimum Gasteiger partial charge on any atom is -0.508 e. The third kappa shape index (κ3) is 4.96. The van der Waals surface area contributed by atoms with Crippen molar-refractivity contribution >= 4 is 38.8 Å². The molecule has 1 N–H and O–H groups in total. The lowest BCUT2D eigenvalue weighted by atomic mass is 10.0. The topological polar surface area (TPSA) is 43.8 Å². The van der Waals surface area contributed by atoms with Crippen LogP contribution >= 0.6 is 32.9 Å². The molecule has 7 heteroatoms. The van der Waals surface area contributed by atoms with Crippen LogP contribution in [0.2, 0.25) is 0 Å². The highest BCUT2D eigenvalue weighted by molar-refractivity contribution is 7.80. The SMILES string of the molecule is CCCCc1c(-c2ccc(O)c(CN3CCN(C(C)=O)CC3)c2)ssc1=S. The minimum absolute atomic E-state index is 0.137. The number of amides is 1. The molecule has 0 spiro atoms. The molecule has 1 aliphatic rings. The number of benzene rings is 1. The van der Waals surface area contributed by atoms with E-state index in [4.69, 9.17) is 12.2 Å². The molecule has 0 bridgehead atoms. The number of aromatic hydroxyl groups is 1. The second-order valence-electron chi connectivity index (χ2n) is 6.99. The number of phenols is 1. The van der Waals surface area contributed by atoms with Crippen LogP contribution in [-0.4, -0.2) is 47.0 Å². The Labute approximate surface area is 173 Å². The van der Waals surface area contributed by atoms with Gasteiger partial charge in [0.15, 0.2) is 0 Å². The molecule has 1 fully saturated rings. The Balaban J connectivity index is 1.78. The summed E-state index contributed by atoms with van der Waals surface area (Å²) in [5, 5.41) is 10.4. The molecule has 1 aromatic carbocycles. The lowest BCUT2D eigenvalue weighted by molar-refractivity contribution is -0.130. The van der Waals surface area contributed by atoms with Gasteiger partial charge < -0.3 is 10.0 Å². The Morgan fingerprint density at radius 1 is 1.22 bits per heavy atom. The van der Waals surface area contributed by atoms with Gasteiger partial charge in [0.1, 0.15) is 9.57 Å². The second-order valence-corrected chi connectivity index (χ2v) is 9.81. The van der Waals surface area contributed by atoms with Crippen molar-refractivity contribution in [2.45, 2.75) is 39.7 Å². The molecule has 2 heterocycles. The quantitative estimate of drug-likeness (QED) is 0.530. The van der Waals surface area contributed by atoms with Crippen LogP contribution in [0.5, 0.6) is 5.75 Å². The van der Waals surface area contributed by atoms with Gasteiger partial charge in [-0.2, -0.15) is 0 Å². The Morgan fingerprint density at radius 2 is 1.96 bits per heavy atom. The van der Waals surface area contributed by atoms with Crippen LogP contribution < -0.4 is 0 Å². The van der Waals surface area contributed by atoms with Crippen molar-refractivity contribution in [2.75, 3.05) is 26.2 Å². The molecule has 3 rings (SSSR count). The van der Waals surface area contributed by atoms with Crippen LogP contribution in [0.3, 0.4) is 0 Å². The van der Waals surface area contributed by atoms with E-state index in [2.05, 4.69) is 17.9 Å². The lowest BCUT2D eigenvalue weighted by Gasteiger charge is -2.34. The van der Waals surface area contributed by atoms with E-state index in [1.807, 2.05) is 11.0 Å². The average molecular weight is 423 g/mol. The smallest absolute Gasteiger partial charge is 0.219 e. The fraction of sp³-hybridized carbons (Fsp3) is 0.500. The predicted molar refractivity (Wildman–Crippen MR) is 116 cm³/mol. The van der Waals surface area contributed by atoms with Crippen LogP contribution in [0, 0.1) is 3.82 Å². The van der Waals surface area contributed by atoms with E-state index in [0.29, 0.717) is 12.3 Å². The van der Waals surface area contributed by atoms with Crippen LogP contribution in [0.15, 0.2) is 18.2 Å². The van der Waals surface area contributed by atoms with Gasteiger partial charge in [0.25, 0.3) is 0 Å². The maximum absolute atomic E-state index is 11.5. The molecule has 1 aliphatic heterocycles. The van der Waals surface area contributed by atoms with Crippen LogP contribution in [0.25, 0.3) is 10.4 Å². The number of hydrogen-bond donors (Lipinski definition) is 1. The van der Waals surface area contributed by atoms with Gasteiger partial charge >= 0.3 is 0 Å². The highest BCUT2D eigenvalue weighted by Gasteiger charge is 2.20. The zero-order chi connectivity index (χ0) is 19.4. The third-order valence-corrected chi connectivity index (χ3v) is 8.25. The summed E-state index contributed by atoms with van der Waals surface area (Å²) in [5.74, 6) is 0.472. The summed E-state index contributed by atoms with van der Waals surface area (Å²) >= 11 is 5.55. The Bertz CT molecular complexity index is 851. The van der Waals surface area contributed by atoms with Gasteiger partial charge in [0.2, 0.25) is 5.91 Å². The predicted octanol–water partition coefficient (Wildman–Crippen LogP) is 4.92. The zero-order valence-corrected chi connectivity index (χ0v) is 18.3. The summed E-state index contributed by atoms with van der Waals surface area (Å²) in [5.41, 5.74) is 3.37. The Kier molecular flexibility index (Phi) is 7.03. The van der Waals surface area contributed by atoms with E-state index in [1.165, 1.54) is 10.4 Å². The molecule has 0 saturated carbocycles. The van der Waals surface area contributed by atoms with Gasteiger partial charge in [-0.1, -0.05) is 46.2 Å². The van der Waals surface area contributed by atoms with Crippen molar-refractivity contribution in [1.29, 1.82) is 0 Å². The van der Waals surface area contributed by atoms with Gasteiger partial charge in [-0.3, -0.25) is 9.69 Å². The summed E-state index contributed by atoms with van der Waals surface area (Å²) in [6.45, 7) is 7.70. The Hall–Kier alpha value is -1.28. The monoisotopic (exact) mass is 422 g/mol. The number of carbonyl (C=O) groups excluding carboxylic acids is 1. The molecular weight excluding hydrogens is 396 g/mol. The number of carbonyl (C=O) groups is 1. The van der Waals surface area contributed by atoms with E-state index in [9.17, 15) is 9.90 Å². The van der Waals surface area contributed by atoms with Crippen molar-refractivity contribution in [3.63, 3.8) is 0 Å².